The first-order valence-corrected chi connectivity index (χ1v) is 10.2. The van der Waals surface area contributed by atoms with Crippen molar-refractivity contribution < 1.29 is 23.1 Å². The summed E-state index contributed by atoms with van der Waals surface area (Å²) in [6.45, 7) is 3.56. The van der Waals surface area contributed by atoms with Crippen LogP contribution in [0, 0.1) is 5.82 Å². The molecule has 2 aromatic heterocycles. The molecule has 1 atom stereocenters. The van der Waals surface area contributed by atoms with Gasteiger partial charge in [-0.3, -0.25) is 4.68 Å². The van der Waals surface area contributed by atoms with Gasteiger partial charge in [0.2, 0.25) is 5.82 Å². The van der Waals surface area contributed by atoms with Crippen molar-refractivity contribution in [2.24, 2.45) is 0 Å². The Hall–Kier alpha value is -3.72. The van der Waals surface area contributed by atoms with Crippen LogP contribution in [0.5, 0.6) is 11.5 Å². The van der Waals surface area contributed by atoms with E-state index < -0.39 is 5.82 Å². The summed E-state index contributed by atoms with van der Waals surface area (Å²) >= 11 is 0. The van der Waals surface area contributed by atoms with Crippen LogP contribution in [-0.4, -0.2) is 33.6 Å². The fourth-order valence-electron chi connectivity index (χ4n) is 3.63. The summed E-state index contributed by atoms with van der Waals surface area (Å²) in [7, 11) is 1.41. The Morgan fingerprint density at radius 2 is 2.00 bits per heavy atom. The van der Waals surface area contributed by atoms with Crippen LogP contribution in [0.2, 0.25) is 0 Å². The van der Waals surface area contributed by atoms with Crippen molar-refractivity contribution in [2.45, 2.75) is 26.2 Å². The molecule has 0 spiro atoms. The molecule has 4 aromatic rings. The van der Waals surface area contributed by atoms with E-state index in [1.165, 1.54) is 19.2 Å². The van der Waals surface area contributed by atoms with E-state index in [1.807, 2.05) is 41.9 Å². The van der Waals surface area contributed by atoms with Crippen molar-refractivity contribution in [1.82, 2.24) is 19.9 Å². The fraction of sp³-hybridized carbons (Fsp3) is 0.261. The second kappa shape index (κ2) is 8.43. The maximum absolute atomic E-state index is 14.0. The standard InChI is InChI=1S/C23H21FN4O4/c1-3-30-17-7-4-14(5-8-17)21-12-28-16(13-31-21)11-19(26-28)23-25-22(27-32-23)15-6-9-20(29-2)18(24)10-15/h4-11,21H,3,12-13H2,1-2H3/t21-/m1/s1. The van der Waals surface area contributed by atoms with Gasteiger partial charge in [0, 0.05) is 5.56 Å². The lowest BCUT2D eigenvalue weighted by molar-refractivity contribution is -0.00115. The highest BCUT2D eigenvalue weighted by atomic mass is 19.1. The van der Waals surface area contributed by atoms with Crippen LogP contribution in [0.25, 0.3) is 23.0 Å². The van der Waals surface area contributed by atoms with Crippen molar-refractivity contribution >= 4 is 0 Å². The molecule has 0 unspecified atom stereocenters. The number of rotatable bonds is 6. The van der Waals surface area contributed by atoms with E-state index in [-0.39, 0.29) is 23.6 Å². The molecule has 8 nitrogen and oxygen atoms in total. The van der Waals surface area contributed by atoms with Gasteiger partial charge in [-0.25, -0.2) is 4.39 Å². The van der Waals surface area contributed by atoms with Crippen molar-refractivity contribution in [3.8, 4) is 34.5 Å². The normalized spacial score (nSPS) is 15.4. The zero-order valence-corrected chi connectivity index (χ0v) is 17.6. The minimum absolute atomic E-state index is 0.119. The van der Waals surface area contributed by atoms with Gasteiger partial charge in [0.1, 0.15) is 11.9 Å². The number of methoxy groups -OCH3 is 1. The predicted molar refractivity (Wildman–Crippen MR) is 113 cm³/mol. The SMILES string of the molecule is CCOc1ccc([C@H]2Cn3nc(-c4nc(-c5ccc(OC)c(F)c5)no4)cc3CO2)cc1. The summed E-state index contributed by atoms with van der Waals surface area (Å²) < 4.78 is 37.7. The van der Waals surface area contributed by atoms with Crippen LogP contribution >= 0.6 is 0 Å². The zero-order valence-electron chi connectivity index (χ0n) is 17.6. The van der Waals surface area contributed by atoms with Crippen LogP contribution in [0.1, 0.15) is 24.3 Å². The fourth-order valence-corrected chi connectivity index (χ4v) is 3.63. The number of halogens is 1. The first kappa shape index (κ1) is 20.2. The molecule has 3 heterocycles. The Morgan fingerprint density at radius 1 is 1.16 bits per heavy atom. The molecule has 0 fully saturated rings. The molecule has 0 radical (unpaired) electrons. The third-order valence-corrected chi connectivity index (χ3v) is 5.25. The number of fused-ring (bicyclic) bond motifs is 1. The maximum Gasteiger partial charge on any atom is 0.278 e. The maximum atomic E-state index is 14.0. The van der Waals surface area contributed by atoms with Crippen LogP contribution in [0.15, 0.2) is 53.1 Å². The van der Waals surface area contributed by atoms with Gasteiger partial charge in [-0.15, -0.1) is 0 Å². The Morgan fingerprint density at radius 3 is 2.75 bits per heavy atom. The molecule has 0 aliphatic carbocycles. The van der Waals surface area contributed by atoms with Crippen LogP contribution in [0.3, 0.4) is 0 Å². The number of aromatic nitrogens is 4. The smallest absolute Gasteiger partial charge is 0.278 e. The summed E-state index contributed by atoms with van der Waals surface area (Å²) in [4.78, 5) is 4.38. The predicted octanol–water partition coefficient (Wildman–Crippen LogP) is 4.42. The lowest BCUT2D eigenvalue weighted by Crippen LogP contribution is -2.21. The van der Waals surface area contributed by atoms with Gasteiger partial charge in [0.25, 0.3) is 5.89 Å². The molecular weight excluding hydrogens is 415 g/mol. The number of hydrogen-bond donors (Lipinski definition) is 0. The number of ether oxygens (including phenoxy) is 3. The van der Waals surface area contributed by atoms with Gasteiger partial charge in [-0.05, 0) is 48.9 Å². The van der Waals surface area contributed by atoms with E-state index in [1.54, 1.807) is 6.07 Å². The van der Waals surface area contributed by atoms with Gasteiger partial charge in [0.05, 0.1) is 32.6 Å². The summed E-state index contributed by atoms with van der Waals surface area (Å²) in [5, 5.41) is 8.58. The third kappa shape index (κ3) is 3.82. The van der Waals surface area contributed by atoms with E-state index >= 15 is 0 Å². The van der Waals surface area contributed by atoms with E-state index in [9.17, 15) is 4.39 Å². The van der Waals surface area contributed by atoms with Gasteiger partial charge < -0.3 is 18.7 Å². The summed E-state index contributed by atoms with van der Waals surface area (Å²) in [5.74, 6) is 1.03. The number of benzene rings is 2. The molecule has 0 amide bonds. The second-order valence-electron chi connectivity index (χ2n) is 7.28. The number of nitrogens with zero attached hydrogens (tertiary/aromatic N) is 4. The Bertz CT molecular complexity index is 1240. The number of hydrogen-bond acceptors (Lipinski definition) is 7. The van der Waals surface area contributed by atoms with Gasteiger partial charge in [-0.2, -0.15) is 10.1 Å². The summed E-state index contributed by atoms with van der Waals surface area (Å²) in [6, 6.07) is 14.2. The van der Waals surface area contributed by atoms with Crippen LogP contribution in [0.4, 0.5) is 4.39 Å². The van der Waals surface area contributed by atoms with Crippen molar-refractivity contribution in [2.75, 3.05) is 13.7 Å². The van der Waals surface area contributed by atoms with Crippen molar-refractivity contribution in [3.05, 3.63) is 65.6 Å². The molecule has 164 valence electrons. The first-order valence-electron chi connectivity index (χ1n) is 10.2. The zero-order chi connectivity index (χ0) is 22.1. The minimum atomic E-state index is -0.494. The molecule has 1 aliphatic heterocycles. The van der Waals surface area contributed by atoms with E-state index in [0.717, 1.165) is 17.0 Å². The minimum Gasteiger partial charge on any atom is -0.494 e. The van der Waals surface area contributed by atoms with Gasteiger partial charge in [0.15, 0.2) is 17.3 Å². The molecule has 1 aliphatic rings. The molecule has 2 aromatic carbocycles. The van der Waals surface area contributed by atoms with Crippen molar-refractivity contribution in [3.63, 3.8) is 0 Å². The summed E-state index contributed by atoms with van der Waals surface area (Å²) in [5.41, 5.74) is 3.00. The quantitative estimate of drug-likeness (QED) is 0.442. The molecule has 0 N–H and O–H groups in total. The lowest BCUT2D eigenvalue weighted by atomic mass is 10.1. The monoisotopic (exact) mass is 436 g/mol. The third-order valence-electron chi connectivity index (χ3n) is 5.25. The molecule has 5 rings (SSSR count). The van der Waals surface area contributed by atoms with Crippen LogP contribution < -0.4 is 9.47 Å². The highest BCUT2D eigenvalue weighted by Gasteiger charge is 2.24. The van der Waals surface area contributed by atoms with Gasteiger partial charge in [-0.1, -0.05) is 17.3 Å². The van der Waals surface area contributed by atoms with E-state index in [4.69, 9.17) is 18.7 Å². The molecule has 0 saturated heterocycles. The molecular formula is C23H21FN4O4. The average Bonchev–Trinajstić information content (AvgIpc) is 3.46. The molecule has 9 heteroatoms. The Kier molecular flexibility index (Phi) is 5.32. The molecule has 0 bridgehead atoms. The molecule has 0 saturated carbocycles. The van der Waals surface area contributed by atoms with Crippen LogP contribution in [-0.2, 0) is 17.9 Å². The second-order valence-corrected chi connectivity index (χ2v) is 7.28. The van der Waals surface area contributed by atoms with E-state index in [0.29, 0.717) is 31.0 Å². The average molecular weight is 436 g/mol. The Labute approximate surface area is 183 Å². The van der Waals surface area contributed by atoms with Crippen molar-refractivity contribution in [1.29, 1.82) is 0 Å². The summed E-state index contributed by atoms with van der Waals surface area (Å²) in [6.07, 6.45) is -0.119. The van der Waals surface area contributed by atoms with E-state index in [2.05, 4.69) is 15.2 Å². The molecule has 32 heavy (non-hydrogen) atoms. The highest BCUT2D eigenvalue weighted by Crippen LogP contribution is 2.30. The lowest BCUT2D eigenvalue weighted by Gasteiger charge is -2.24. The van der Waals surface area contributed by atoms with Gasteiger partial charge >= 0.3 is 0 Å². The Balaban J connectivity index is 1.34. The topological polar surface area (TPSA) is 84.4 Å². The first-order chi connectivity index (χ1) is 15.6. The largest absolute Gasteiger partial charge is 0.494 e. The highest BCUT2D eigenvalue weighted by molar-refractivity contribution is 5.59.